The summed E-state index contributed by atoms with van der Waals surface area (Å²) in [6, 6.07) is 9.93. The van der Waals surface area contributed by atoms with Gasteiger partial charge in [0.1, 0.15) is 5.82 Å². The average molecular weight is 448 g/mol. The van der Waals surface area contributed by atoms with E-state index in [9.17, 15) is 17.6 Å². The predicted molar refractivity (Wildman–Crippen MR) is 111 cm³/mol. The number of aromatic nitrogens is 1. The predicted octanol–water partition coefficient (Wildman–Crippen LogP) is 3.12. The van der Waals surface area contributed by atoms with E-state index in [1.54, 1.807) is 24.3 Å². The quantitative estimate of drug-likeness (QED) is 0.427. The lowest BCUT2D eigenvalue weighted by molar-refractivity contribution is -0.137. The van der Waals surface area contributed by atoms with Gasteiger partial charge in [-0.15, -0.1) is 0 Å². The average Bonchev–Trinajstić information content (AvgIpc) is 2.80. The van der Waals surface area contributed by atoms with Crippen molar-refractivity contribution >= 4 is 12.2 Å². The Bertz CT molecular complexity index is 1060. The van der Waals surface area contributed by atoms with Gasteiger partial charge in [0.2, 0.25) is 5.96 Å². The SMILES string of the molecule is FC1=C(N2CCOCC2)NC(N/N=C\c2cccc(-c3cccc(C(F)(F)F)c3)n2)=NC1. The van der Waals surface area contributed by atoms with Gasteiger partial charge in [-0.05, 0) is 24.3 Å². The summed E-state index contributed by atoms with van der Waals surface area (Å²) in [7, 11) is 0. The third-order valence-electron chi connectivity index (χ3n) is 4.82. The maximum atomic E-state index is 14.2. The second kappa shape index (κ2) is 9.35. The van der Waals surface area contributed by atoms with Gasteiger partial charge in [-0.25, -0.2) is 19.8 Å². The van der Waals surface area contributed by atoms with Gasteiger partial charge in [0.25, 0.3) is 0 Å². The number of nitrogens with zero attached hydrogens (tertiary/aromatic N) is 4. The molecule has 4 rings (SSSR count). The van der Waals surface area contributed by atoms with Gasteiger partial charge in [0.05, 0.1) is 42.9 Å². The standard InChI is InChI=1S/C21H20F4N6O/c22-17-13-26-20(29-19(17)31-7-9-32-10-8-31)30-27-12-16-5-2-6-18(28-16)14-3-1-4-15(11-14)21(23,24)25/h1-6,11-12H,7-10,13H2,(H2,26,29,30)/b27-12-. The van der Waals surface area contributed by atoms with Crippen LogP contribution in [0.5, 0.6) is 0 Å². The van der Waals surface area contributed by atoms with Crippen molar-refractivity contribution in [1.29, 1.82) is 0 Å². The number of halogens is 4. The van der Waals surface area contributed by atoms with E-state index in [-0.39, 0.29) is 18.3 Å². The van der Waals surface area contributed by atoms with Gasteiger partial charge in [0, 0.05) is 18.7 Å². The van der Waals surface area contributed by atoms with Crippen LogP contribution < -0.4 is 10.7 Å². The largest absolute Gasteiger partial charge is 0.416 e. The van der Waals surface area contributed by atoms with Crippen LogP contribution in [0.3, 0.4) is 0 Å². The van der Waals surface area contributed by atoms with Crippen molar-refractivity contribution in [3.8, 4) is 11.3 Å². The van der Waals surface area contributed by atoms with E-state index < -0.39 is 11.7 Å². The van der Waals surface area contributed by atoms with Crippen molar-refractivity contribution in [2.75, 3.05) is 32.8 Å². The van der Waals surface area contributed by atoms with E-state index in [1.165, 1.54) is 12.3 Å². The maximum absolute atomic E-state index is 14.2. The number of hydrogen-bond acceptors (Lipinski definition) is 7. The molecule has 2 N–H and O–H groups in total. The fourth-order valence-corrected chi connectivity index (χ4v) is 3.24. The molecule has 11 heteroatoms. The number of hydrogen-bond donors (Lipinski definition) is 2. The Kier molecular flexibility index (Phi) is 6.35. The normalized spacial score (nSPS) is 17.4. The number of hydrazone groups is 1. The molecule has 2 aliphatic rings. The first-order chi connectivity index (χ1) is 15.4. The number of ether oxygens (including phenoxy) is 1. The maximum Gasteiger partial charge on any atom is 0.416 e. The van der Waals surface area contributed by atoms with Crippen LogP contribution in [0.1, 0.15) is 11.3 Å². The van der Waals surface area contributed by atoms with Crippen molar-refractivity contribution < 1.29 is 22.3 Å². The zero-order chi connectivity index (χ0) is 22.6. The van der Waals surface area contributed by atoms with Gasteiger partial charge in [-0.2, -0.15) is 18.3 Å². The molecule has 2 aromatic rings. The van der Waals surface area contributed by atoms with Crippen LogP contribution in [0, 0.1) is 0 Å². The summed E-state index contributed by atoms with van der Waals surface area (Å²) in [6.07, 6.45) is -3.02. The summed E-state index contributed by atoms with van der Waals surface area (Å²) in [5.74, 6) is 0.251. The Labute approximate surface area is 181 Å². The molecule has 0 unspecified atom stereocenters. The second-order valence-electron chi connectivity index (χ2n) is 7.04. The molecular formula is C21H20F4N6O. The molecule has 0 saturated carbocycles. The van der Waals surface area contributed by atoms with Gasteiger partial charge in [-0.1, -0.05) is 18.2 Å². The molecule has 2 aliphatic heterocycles. The summed E-state index contributed by atoms with van der Waals surface area (Å²) >= 11 is 0. The highest BCUT2D eigenvalue weighted by Gasteiger charge is 2.30. The van der Waals surface area contributed by atoms with E-state index in [2.05, 4.69) is 25.8 Å². The molecule has 0 bridgehead atoms. The summed E-state index contributed by atoms with van der Waals surface area (Å²) in [5, 5.41) is 6.95. The molecule has 168 valence electrons. The molecule has 0 radical (unpaired) electrons. The monoisotopic (exact) mass is 448 g/mol. The lowest BCUT2D eigenvalue weighted by atomic mass is 10.1. The van der Waals surface area contributed by atoms with Crippen LogP contribution in [0.15, 0.2) is 64.2 Å². The van der Waals surface area contributed by atoms with Crippen molar-refractivity contribution in [2.45, 2.75) is 6.18 Å². The van der Waals surface area contributed by atoms with Crippen LogP contribution in [-0.2, 0) is 10.9 Å². The topological polar surface area (TPSA) is 74.1 Å². The lowest BCUT2D eigenvalue weighted by Gasteiger charge is -2.32. The minimum atomic E-state index is -4.43. The molecule has 3 heterocycles. The minimum absolute atomic E-state index is 0.110. The number of aliphatic imine (C=N–C) groups is 1. The first-order valence-corrected chi connectivity index (χ1v) is 9.87. The highest BCUT2D eigenvalue weighted by Crippen LogP contribution is 2.31. The number of nitrogens with one attached hydrogen (secondary N) is 2. The molecular weight excluding hydrogens is 428 g/mol. The van der Waals surface area contributed by atoms with Gasteiger partial charge < -0.3 is 15.0 Å². The van der Waals surface area contributed by atoms with Crippen LogP contribution in [-0.4, -0.2) is 54.9 Å². The van der Waals surface area contributed by atoms with E-state index in [1.807, 2.05) is 4.90 Å². The van der Waals surface area contributed by atoms with Gasteiger partial charge >= 0.3 is 6.18 Å². The first kappa shape index (κ1) is 21.8. The molecule has 1 fully saturated rings. The lowest BCUT2D eigenvalue weighted by Crippen LogP contribution is -2.47. The van der Waals surface area contributed by atoms with Crippen LogP contribution >= 0.6 is 0 Å². The first-order valence-electron chi connectivity index (χ1n) is 9.87. The van der Waals surface area contributed by atoms with Gasteiger partial charge in [0.15, 0.2) is 5.83 Å². The minimum Gasteiger partial charge on any atom is -0.378 e. The molecule has 7 nitrogen and oxygen atoms in total. The van der Waals surface area contributed by atoms with Crippen LogP contribution in [0.2, 0.25) is 0 Å². The number of pyridine rings is 1. The smallest absolute Gasteiger partial charge is 0.378 e. The van der Waals surface area contributed by atoms with E-state index in [4.69, 9.17) is 4.74 Å². The molecule has 1 aromatic heterocycles. The Hall–Kier alpha value is -3.47. The number of morpholine rings is 1. The fraction of sp³-hybridized carbons (Fsp3) is 0.286. The van der Waals surface area contributed by atoms with E-state index in [0.29, 0.717) is 49.1 Å². The summed E-state index contributed by atoms with van der Waals surface area (Å²) < 4.78 is 58.4. The van der Waals surface area contributed by atoms with Crippen molar-refractivity contribution in [3.05, 3.63) is 65.4 Å². The zero-order valence-electron chi connectivity index (χ0n) is 16.9. The molecule has 0 atom stereocenters. The van der Waals surface area contributed by atoms with Crippen molar-refractivity contribution in [2.24, 2.45) is 10.1 Å². The van der Waals surface area contributed by atoms with Crippen molar-refractivity contribution in [3.63, 3.8) is 0 Å². The van der Waals surface area contributed by atoms with Crippen LogP contribution in [0.25, 0.3) is 11.3 Å². The Balaban J connectivity index is 1.42. The summed E-state index contributed by atoms with van der Waals surface area (Å²) in [6.45, 7) is 2.06. The number of guanidine groups is 1. The number of rotatable bonds is 4. The number of benzene rings is 1. The Morgan fingerprint density at radius 3 is 2.69 bits per heavy atom. The fourth-order valence-electron chi connectivity index (χ4n) is 3.24. The molecule has 1 saturated heterocycles. The third kappa shape index (κ3) is 5.22. The van der Waals surface area contributed by atoms with E-state index >= 15 is 0 Å². The number of alkyl halides is 3. The highest BCUT2D eigenvalue weighted by molar-refractivity contribution is 5.85. The highest BCUT2D eigenvalue weighted by atomic mass is 19.4. The molecule has 0 amide bonds. The summed E-state index contributed by atoms with van der Waals surface area (Å²) in [4.78, 5) is 10.2. The van der Waals surface area contributed by atoms with Gasteiger partial charge in [-0.3, -0.25) is 0 Å². The second-order valence-corrected chi connectivity index (χ2v) is 7.04. The summed E-state index contributed by atoms with van der Waals surface area (Å²) in [5.41, 5.74) is 3.12. The Morgan fingerprint density at radius 1 is 1.12 bits per heavy atom. The molecule has 32 heavy (non-hydrogen) atoms. The Morgan fingerprint density at radius 2 is 1.91 bits per heavy atom. The van der Waals surface area contributed by atoms with E-state index in [0.717, 1.165) is 12.1 Å². The zero-order valence-corrected chi connectivity index (χ0v) is 16.9. The molecule has 1 aromatic carbocycles. The van der Waals surface area contributed by atoms with Crippen LogP contribution in [0.4, 0.5) is 17.6 Å². The third-order valence-corrected chi connectivity index (χ3v) is 4.82. The molecule has 0 aliphatic carbocycles. The molecule has 0 spiro atoms. The van der Waals surface area contributed by atoms with Crippen molar-refractivity contribution in [1.82, 2.24) is 20.6 Å².